The molecule has 0 radical (unpaired) electrons. The van der Waals surface area contributed by atoms with E-state index in [1.165, 1.54) is 29.3 Å². The number of aliphatic hydroxyl groups is 1. The smallest absolute Gasteiger partial charge is 0.387 e. The van der Waals surface area contributed by atoms with Gasteiger partial charge in [0.15, 0.2) is 6.10 Å². The minimum Gasteiger partial charge on any atom is -0.435 e. The van der Waals surface area contributed by atoms with Crippen LogP contribution in [-0.2, 0) is 27.9 Å². The van der Waals surface area contributed by atoms with Crippen LogP contribution in [0, 0.1) is 5.82 Å². The molecule has 2 aromatic carbocycles. The quantitative estimate of drug-likeness (QED) is 0.598. The Hall–Kier alpha value is -3.38. The number of aromatic nitrogens is 2. The van der Waals surface area contributed by atoms with Crippen LogP contribution in [0.5, 0.6) is 5.75 Å². The highest BCUT2D eigenvalue weighted by Crippen LogP contribution is 2.28. The Bertz CT molecular complexity index is 1240. The first kappa shape index (κ1) is 21.8. The van der Waals surface area contributed by atoms with Gasteiger partial charge in [-0.05, 0) is 30.3 Å². The number of halogens is 3. The molecule has 0 unspecified atom stereocenters. The van der Waals surface area contributed by atoms with Gasteiger partial charge in [0.05, 0.1) is 17.1 Å². The minimum atomic E-state index is -4.10. The van der Waals surface area contributed by atoms with Crippen LogP contribution in [0.1, 0.15) is 22.9 Å². The van der Waals surface area contributed by atoms with Crippen molar-refractivity contribution in [3.8, 4) is 5.75 Å². The Morgan fingerprint density at radius 2 is 1.78 bits per heavy atom. The van der Waals surface area contributed by atoms with Crippen LogP contribution in [0.4, 0.5) is 13.2 Å². The van der Waals surface area contributed by atoms with Crippen LogP contribution in [-0.4, -0.2) is 40.1 Å². The van der Waals surface area contributed by atoms with Crippen LogP contribution < -0.4 is 4.74 Å². The van der Waals surface area contributed by atoms with Crippen molar-refractivity contribution >= 4 is 15.9 Å². The third-order valence-corrected chi connectivity index (χ3v) is 6.44. The van der Waals surface area contributed by atoms with Gasteiger partial charge in [-0.2, -0.15) is 26.4 Å². The Morgan fingerprint density at radius 3 is 2.41 bits per heavy atom. The molecule has 2 heterocycles. The van der Waals surface area contributed by atoms with Crippen molar-refractivity contribution < 1.29 is 36.2 Å². The van der Waals surface area contributed by atoms with E-state index >= 15 is 0 Å². The number of hydrogen-bond donors (Lipinski definition) is 1. The number of nitrogens with zero attached hydrogens (tertiary/aromatic N) is 3. The number of rotatable bonds is 6. The number of hydrogen-bond acceptors (Lipinski definition) is 6. The molecule has 1 aliphatic rings. The monoisotopic (exact) mass is 467 g/mol. The van der Waals surface area contributed by atoms with Crippen molar-refractivity contribution in [3.05, 3.63) is 77.4 Å². The number of amides is 1. The highest BCUT2D eigenvalue weighted by atomic mass is 32.2. The predicted octanol–water partition coefficient (Wildman–Crippen LogP) is 2.44. The largest absolute Gasteiger partial charge is 0.435 e. The molecule has 1 atom stereocenters. The van der Waals surface area contributed by atoms with Crippen LogP contribution in [0.15, 0.2) is 59.6 Å². The Morgan fingerprint density at radius 1 is 1.09 bits per heavy atom. The number of alkyl halides is 2. The predicted molar refractivity (Wildman–Crippen MR) is 103 cm³/mol. The molecule has 0 saturated heterocycles. The lowest BCUT2D eigenvalue weighted by Gasteiger charge is -2.20. The summed E-state index contributed by atoms with van der Waals surface area (Å²) in [7, 11) is -4.10. The van der Waals surface area contributed by atoms with Gasteiger partial charge in [0.25, 0.3) is 15.9 Å². The van der Waals surface area contributed by atoms with Crippen molar-refractivity contribution in [1.29, 1.82) is 0 Å². The number of ether oxygens (including phenoxy) is 1. The number of fused-ring (bicyclic) bond motifs is 1. The van der Waals surface area contributed by atoms with E-state index in [2.05, 4.69) is 9.84 Å². The van der Waals surface area contributed by atoms with Gasteiger partial charge in [-0.3, -0.25) is 4.79 Å². The van der Waals surface area contributed by atoms with Crippen LogP contribution in [0.3, 0.4) is 0 Å². The average molecular weight is 467 g/mol. The van der Waals surface area contributed by atoms with E-state index in [1.807, 2.05) is 0 Å². The summed E-state index contributed by atoms with van der Waals surface area (Å²) >= 11 is 0. The number of carbonyl (C=O) groups excluding carboxylic acids is 1. The fraction of sp³-hybridized carbons (Fsp3) is 0.200. The van der Waals surface area contributed by atoms with Gasteiger partial charge in [0, 0.05) is 23.9 Å². The molecule has 0 bridgehead atoms. The molecule has 0 saturated carbocycles. The molecule has 32 heavy (non-hydrogen) atoms. The third-order valence-electron chi connectivity index (χ3n) is 4.90. The molecular formula is C20H16F3N3O5S. The summed E-state index contributed by atoms with van der Waals surface area (Å²) in [6, 6.07) is 9.78. The molecule has 3 aromatic rings. The van der Waals surface area contributed by atoms with Crippen molar-refractivity contribution in [1.82, 2.24) is 14.1 Å². The highest BCUT2D eigenvalue weighted by Gasteiger charge is 2.33. The fourth-order valence-corrected chi connectivity index (χ4v) is 4.48. The zero-order chi connectivity index (χ0) is 23.0. The maximum absolute atomic E-state index is 13.9. The molecule has 8 nitrogen and oxygen atoms in total. The molecule has 1 N–H and O–H groups in total. The zero-order valence-corrected chi connectivity index (χ0v) is 17.0. The van der Waals surface area contributed by atoms with Crippen LogP contribution in [0.2, 0.25) is 0 Å². The number of carbonyl (C=O) groups is 1. The summed E-state index contributed by atoms with van der Waals surface area (Å²) < 4.78 is 68.8. The summed E-state index contributed by atoms with van der Waals surface area (Å²) in [4.78, 5) is 13.6. The summed E-state index contributed by atoms with van der Waals surface area (Å²) in [6.07, 6.45) is -0.471. The second-order valence-electron chi connectivity index (χ2n) is 6.95. The van der Waals surface area contributed by atoms with Gasteiger partial charge in [-0.25, -0.2) is 4.39 Å². The molecule has 0 fully saturated rings. The SMILES string of the molecule is O=C([C@H](O)c1ccccc1F)N1Cc2cn(S(=O)(=O)c3ccc(OC(F)F)cc3)nc2C1. The molecule has 12 heteroatoms. The zero-order valence-electron chi connectivity index (χ0n) is 16.2. The first-order valence-electron chi connectivity index (χ1n) is 9.26. The topological polar surface area (TPSA) is 102 Å². The van der Waals surface area contributed by atoms with Crippen molar-refractivity contribution in [2.45, 2.75) is 30.7 Å². The first-order chi connectivity index (χ1) is 15.2. The van der Waals surface area contributed by atoms with E-state index in [0.717, 1.165) is 34.4 Å². The maximum Gasteiger partial charge on any atom is 0.387 e. The lowest BCUT2D eigenvalue weighted by molar-refractivity contribution is -0.141. The number of aliphatic hydroxyl groups excluding tert-OH is 1. The van der Waals surface area contributed by atoms with E-state index in [-0.39, 0.29) is 29.3 Å². The lowest BCUT2D eigenvalue weighted by Crippen LogP contribution is -2.31. The Balaban J connectivity index is 1.49. The van der Waals surface area contributed by atoms with Gasteiger partial charge in [0.1, 0.15) is 11.6 Å². The molecular weight excluding hydrogens is 451 g/mol. The van der Waals surface area contributed by atoms with Gasteiger partial charge < -0.3 is 14.7 Å². The summed E-state index contributed by atoms with van der Waals surface area (Å²) in [6.45, 7) is -3.12. The summed E-state index contributed by atoms with van der Waals surface area (Å²) in [5.41, 5.74) is 0.592. The first-order valence-corrected chi connectivity index (χ1v) is 10.7. The molecule has 1 aliphatic heterocycles. The fourth-order valence-electron chi connectivity index (χ4n) is 3.31. The van der Waals surface area contributed by atoms with Gasteiger partial charge in [-0.1, -0.05) is 18.2 Å². The van der Waals surface area contributed by atoms with E-state index in [0.29, 0.717) is 11.3 Å². The second-order valence-corrected chi connectivity index (χ2v) is 8.74. The molecule has 0 spiro atoms. The average Bonchev–Trinajstić information content (AvgIpc) is 3.33. The van der Waals surface area contributed by atoms with Crippen LogP contribution in [0.25, 0.3) is 0 Å². The second kappa shape index (κ2) is 8.28. The Labute approximate surface area is 180 Å². The molecule has 1 amide bonds. The van der Waals surface area contributed by atoms with E-state index in [9.17, 15) is 31.5 Å². The van der Waals surface area contributed by atoms with Gasteiger partial charge >= 0.3 is 6.61 Å². The highest BCUT2D eigenvalue weighted by molar-refractivity contribution is 7.89. The minimum absolute atomic E-state index is 0.0175. The van der Waals surface area contributed by atoms with Gasteiger partial charge in [0.2, 0.25) is 0 Å². The van der Waals surface area contributed by atoms with Crippen LogP contribution >= 0.6 is 0 Å². The van der Waals surface area contributed by atoms with E-state index in [1.54, 1.807) is 0 Å². The van der Waals surface area contributed by atoms with Gasteiger partial charge in [-0.15, -0.1) is 0 Å². The summed E-state index contributed by atoms with van der Waals surface area (Å²) in [5.74, 6) is -1.65. The van der Waals surface area contributed by atoms with Crippen molar-refractivity contribution in [2.75, 3.05) is 0 Å². The molecule has 4 rings (SSSR count). The Kier molecular flexibility index (Phi) is 5.65. The van der Waals surface area contributed by atoms with Crippen molar-refractivity contribution in [2.24, 2.45) is 0 Å². The van der Waals surface area contributed by atoms with Crippen molar-refractivity contribution in [3.63, 3.8) is 0 Å². The summed E-state index contributed by atoms with van der Waals surface area (Å²) in [5, 5.41) is 14.3. The van der Waals surface area contributed by atoms with E-state index < -0.39 is 34.5 Å². The molecule has 168 valence electrons. The molecule has 0 aliphatic carbocycles. The van der Waals surface area contributed by atoms with E-state index in [4.69, 9.17) is 0 Å². The maximum atomic E-state index is 13.9. The standard InChI is InChI=1S/C20H16F3N3O5S/c21-16-4-2-1-3-15(16)18(27)19(28)25-9-12-10-26(24-17(12)11-25)32(29,30)14-7-5-13(6-8-14)31-20(22)23/h1-8,10,18,20,27H,9,11H2/t18-/m1/s1. The normalized spacial score (nSPS) is 14.5. The number of benzene rings is 2. The third kappa shape index (κ3) is 4.06. The lowest BCUT2D eigenvalue weighted by atomic mass is 10.1. The molecule has 1 aromatic heterocycles.